The summed E-state index contributed by atoms with van der Waals surface area (Å²) >= 11 is 8.20. The molecule has 64 heavy (non-hydrogen) atoms. The zero-order valence-corrected chi connectivity index (χ0v) is 37.3. The molecule has 4 aromatic carbocycles. The minimum absolute atomic E-state index is 0.0347. The Bertz CT molecular complexity index is 2780. The molecule has 7 aromatic rings. The minimum Gasteiger partial charge on any atom is -0.496 e. The van der Waals surface area contributed by atoms with Gasteiger partial charge in [-0.15, -0.1) is 0 Å². The quantitative estimate of drug-likeness (QED) is 0.0931. The van der Waals surface area contributed by atoms with E-state index in [9.17, 15) is 14.3 Å². The van der Waals surface area contributed by atoms with Crippen LogP contribution in [0.1, 0.15) is 16.8 Å². The second kappa shape index (κ2) is 20.0. The van der Waals surface area contributed by atoms with Crippen molar-refractivity contribution < 1.29 is 38.0 Å². The Hall–Kier alpha value is -6.39. The molecule has 1 fully saturated rings. The van der Waals surface area contributed by atoms with Crippen LogP contribution in [0.2, 0.25) is 5.02 Å². The third kappa shape index (κ3) is 9.72. The van der Waals surface area contributed by atoms with Crippen LogP contribution in [0.25, 0.3) is 43.9 Å². The number of nitrogens with zero attached hydrogens (tertiary/aromatic N) is 6. The molecule has 1 aliphatic heterocycles. The van der Waals surface area contributed by atoms with Gasteiger partial charge in [-0.2, -0.15) is 4.37 Å². The van der Waals surface area contributed by atoms with E-state index in [0.29, 0.717) is 84.0 Å². The van der Waals surface area contributed by atoms with Gasteiger partial charge in [-0.05, 0) is 90.7 Å². The van der Waals surface area contributed by atoms with E-state index in [4.69, 9.17) is 45.3 Å². The summed E-state index contributed by atoms with van der Waals surface area (Å²) in [5.74, 6) is 0.510. The van der Waals surface area contributed by atoms with Gasteiger partial charge in [-0.1, -0.05) is 48.0 Å². The van der Waals surface area contributed by atoms with Crippen molar-refractivity contribution in [2.45, 2.75) is 26.1 Å². The van der Waals surface area contributed by atoms with Gasteiger partial charge in [0.2, 0.25) is 12.0 Å². The Kier molecular flexibility index (Phi) is 13.8. The Balaban J connectivity index is 1.10. The van der Waals surface area contributed by atoms with Crippen molar-refractivity contribution in [3.8, 4) is 62.7 Å². The number of halogens is 2. The Morgan fingerprint density at radius 3 is 2.44 bits per heavy atom. The number of benzene rings is 4. The molecular formula is C48H46ClFN6O7S. The number of carboxylic acids is 1. The number of methoxy groups -OCH3 is 2. The van der Waals surface area contributed by atoms with Gasteiger partial charge in [0.1, 0.15) is 30.5 Å². The first-order chi connectivity index (χ1) is 31.1. The van der Waals surface area contributed by atoms with Gasteiger partial charge in [-0.3, -0.25) is 9.88 Å². The highest BCUT2D eigenvalue weighted by atomic mass is 35.5. The number of ether oxygens (including phenoxy) is 5. The SMILES string of the molecule is COc1cc(-c2ncc3snc(O[C@H](Cc4ccccc4OCc4ccnc(-c5ccccc5OC)n4)C(=O)O)c3c2-c2ccc(OCCN3CCN(C)CC3)c(Cl)c2C)ccc1F. The number of aromatic nitrogens is 4. The summed E-state index contributed by atoms with van der Waals surface area (Å²) in [7, 11) is 5.11. The Morgan fingerprint density at radius 2 is 1.66 bits per heavy atom. The summed E-state index contributed by atoms with van der Waals surface area (Å²) in [6.45, 7) is 7.16. The predicted molar refractivity (Wildman–Crippen MR) is 245 cm³/mol. The van der Waals surface area contributed by atoms with E-state index in [2.05, 4.69) is 26.2 Å². The van der Waals surface area contributed by atoms with E-state index in [1.807, 2.05) is 55.5 Å². The van der Waals surface area contributed by atoms with Crippen LogP contribution in [-0.2, 0) is 17.8 Å². The highest BCUT2D eigenvalue weighted by molar-refractivity contribution is 7.13. The smallest absolute Gasteiger partial charge is 0.345 e. The molecule has 4 heterocycles. The minimum atomic E-state index is -1.39. The predicted octanol–water partition coefficient (Wildman–Crippen LogP) is 8.88. The van der Waals surface area contributed by atoms with E-state index in [-0.39, 0.29) is 24.7 Å². The van der Waals surface area contributed by atoms with Crippen LogP contribution in [0, 0.1) is 12.7 Å². The second-order valence-electron chi connectivity index (χ2n) is 15.2. The highest BCUT2D eigenvalue weighted by Gasteiger charge is 2.28. The highest BCUT2D eigenvalue weighted by Crippen LogP contribution is 2.46. The summed E-state index contributed by atoms with van der Waals surface area (Å²) in [5.41, 5.74) is 4.91. The fourth-order valence-corrected chi connectivity index (χ4v) is 8.51. The summed E-state index contributed by atoms with van der Waals surface area (Å²) < 4.78 is 49.8. The molecule has 0 radical (unpaired) electrons. The lowest BCUT2D eigenvalue weighted by atomic mass is 9.93. The normalized spacial score (nSPS) is 13.7. The summed E-state index contributed by atoms with van der Waals surface area (Å²) in [6.07, 6.45) is 1.85. The largest absolute Gasteiger partial charge is 0.496 e. The van der Waals surface area contributed by atoms with Crippen molar-refractivity contribution in [3.63, 3.8) is 0 Å². The van der Waals surface area contributed by atoms with Crippen molar-refractivity contribution in [1.82, 2.24) is 29.1 Å². The van der Waals surface area contributed by atoms with Crippen LogP contribution in [-0.4, -0.2) is 107 Å². The van der Waals surface area contributed by atoms with Gasteiger partial charge in [0.25, 0.3) is 0 Å². The van der Waals surface area contributed by atoms with Gasteiger partial charge < -0.3 is 33.7 Å². The molecular weight excluding hydrogens is 859 g/mol. The second-order valence-corrected chi connectivity index (χ2v) is 16.4. The zero-order chi connectivity index (χ0) is 44.7. The molecule has 1 aliphatic rings. The summed E-state index contributed by atoms with van der Waals surface area (Å²) in [5, 5.41) is 11.6. The van der Waals surface area contributed by atoms with Gasteiger partial charge in [-0.25, -0.2) is 19.2 Å². The molecule has 0 bridgehead atoms. The van der Waals surface area contributed by atoms with Crippen molar-refractivity contribution in [2.24, 2.45) is 0 Å². The number of para-hydroxylation sites is 2. The molecule has 0 unspecified atom stereocenters. The molecule has 330 valence electrons. The first-order valence-corrected chi connectivity index (χ1v) is 21.8. The summed E-state index contributed by atoms with van der Waals surface area (Å²) in [6, 6.07) is 24.6. The molecule has 0 aliphatic carbocycles. The van der Waals surface area contributed by atoms with Crippen molar-refractivity contribution in [2.75, 3.05) is 60.6 Å². The van der Waals surface area contributed by atoms with Crippen LogP contribution in [0.5, 0.6) is 28.9 Å². The number of fused-ring (bicyclic) bond motifs is 1. The van der Waals surface area contributed by atoms with Crippen LogP contribution in [0.3, 0.4) is 0 Å². The van der Waals surface area contributed by atoms with Crippen molar-refractivity contribution in [1.29, 1.82) is 0 Å². The third-order valence-corrected chi connectivity index (χ3v) is 12.4. The maximum atomic E-state index is 14.8. The maximum Gasteiger partial charge on any atom is 0.345 e. The van der Waals surface area contributed by atoms with Gasteiger partial charge >= 0.3 is 5.97 Å². The number of carboxylic acid groups (broad SMARTS) is 1. The first kappa shape index (κ1) is 44.2. The number of piperazine rings is 1. The average molecular weight is 905 g/mol. The summed E-state index contributed by atoms with van der Waals surface area (Å²) in [4.78, 5) is 31.7. The third-order valence-electron chi connectivity index (χ3n) is 11.1. The van der Waals surface area contributed by atoms with E-state index in [1.165, 1.54) is 13.2 Å². The number of likely N-dealkylation sites (N-methyl/N-ethyl adjacent to an activating group) is 1. The number of hydrogen-bond acceptors (Lipinski definition) is 13. The lowest BCUT2D eigenvalue weighted by Crippen LogP contribution is -2.45. The van der Waals surface area contributed by atoms with Crippen LogP contribution in [0.15, 0.2) is 97.3 Å². The molecule has 13 nitrogen and oxygen atoms in total. The average Bonchev–Trinajstić information content (AvgIpc) is 3.73. The number of rotatable bonds is 17. The van der Waals surface area contributed by atoms with Crippen molar-refractivity contribution >= 4 is 39.2 Å². The van der Waals surface area contributed by atoms with E-state index in [1.54, 1.807) is 49.8 Å². The molecule has 0 spiro atoms. The monoisotopic (exact) mass is 904 g/mol. The molecule has 1 N–H and O–H groups in total. The standard InChI is InChI=1S/C48H46ClFN6O7S/c1-29-33(14-16-38(44(29)49)61-24-23-56-21-19-55(2)20-22-56)42-43-41(27-52-45(42)31-13-15-35(50)39(26-31)60-4)64-54-47(43)63-40(48(57)58)25-30-9-5-7-11-36(30)62-28-32-17-18-51-46(53-32)34-10-6-8-12-37(34)59-3/h5-18,26-27,40H,19-25,28H2,1-4H3,(H,57,58)/t40-/m1/s1. The van der Waals surface area contributed by atoms with Crippen LogP contribution < -0.4 is 23.7 Å². The number of carbonyl (C=O) groups is 1. The molecule has 1 atom stereocenters. The molecule has 1 saturated heterocycles. The Morgan fingerprint density at radius 1 is 0.891 bits per heavy atom. The Labute approximate surface area is 379 Å². The van der Waals surface area contributed by atoms with Crippen LogP contribution in [0.4, 0.5) is 4.39 Å². The van der Waals surface area contributed by atoms with Gasteiger partial charge in [0.05, 0.1) is 46.3 Å². The fourth-order valence-electron chi connectivity index (χ4n) is 7.59. The molecule has 0 saturated carbocycles. The van der Waals surface area contributed by atoms with E-state index >= 15 is 0 Å². The van der Waals surface area contributed by atoms with E-state index in [0.717, 1.165) is 49.8 Å². The van der Waals surface area contributed by atoms with Gasteiger partial charge in [0, 0.05) is 62.7 Å². The fraction of sp³-hybridized carbons (Fsp3) is 0.271. The lowest BCUT2D eigenvalue weighted by molar-refractivity contribution is -0.145. The topological polar surface area (TPSA) is 141 Å². The molecule has 0 amide bonds. The number of aliphatic carboxylic acids is 1. The number of pyridine rings is 1. The molecule has 3 aromatic heterocycles. The van der Waals surface area contributed by atoms with Crippen LogP contribution >= 0.6 is 23.1 Å². The maximum absolute atomic E-state index is 14.8. The first-order valence-electron chi connectivity index (χ1n) is 20.6. The molecule has 16 heteroatoms. The van der Waals surface area contributed by atoms with E-state index < -0.39 is 17.9 Å². The lowest BCUT2D eigenvalue weighted by Gasteiger charge is -2.32. The zero-order valence-electron chi connectivity index (χ0n) is 35.7. The molecule has 8 rings (SSSR count). The van der Waals surface area contributed by atoms with Gasteiger partial charge in [0.15, 0.2) is 17.4 Å². The van der Waals surface area contributed by atoms with Crippen molar-refractivity contribution in [3.05, 3.63) is 125 Å². The number of hydrogen-bond donors (Lipinski definition) is 1.